The minimum atomic E-state index is -4.56. The third kappa shape index (κ3) is 5.62. The van der Waals surface area contributed by atoms with Crippen LogP contribution in [0.4, 0.5) is 30.2 Å². The Bertz CT molecular complexity index is 1560. The molecule has 3 N–H and O–H groups in total. The normalized spacial score (nSPS) is 11.9. The van der Waals surface area contributed by atoms with Crippen LogP contribution in [0.25, 0.3) is 22.0 Å². The average molecular weight is 517 g/mol. The maximum Gasteiger partial charge on any atom is 0.417 e. The lowest BCUT2D eigenvalue weighted by Gasteiger charge is -2.19. The lowest BCUT2D eigenvalue weighted by Crippen LogP contribution is -2.13. The number of H-pyrrole nitrogens is 1. The van der Waals surface area contributed by atoms with Crippen molar-refractivity contribution < 1.29 is 26.4 Å². The number of benzene rings is 3. The summed E-state index contributed by atoms with van der Waals surface area (Å²) >= 11 is 0. The molecule has 0 atom stereocenters. The first-order valence-corrected chi connectivity index (χ1v) is 12.6. The number of nitrogens with zero attached hydrogens (tertiary/aromatic N) is 1. The molecule has 0 spiro atoms. The fraction of sp³-hybridized carbons (Fsp3) is 0.160. The highest BCUT2D eigenvalue weighted by molar-refractivity contribution is 7.92. The summed E-state index contributed by atoms with van der Waals surface area (Å²) < 4.78 is 66.7. The van der Waals surface area contributed by atoms with Crippen LogP contribution in [0.1, 0.15) is 16.1 Å². The second-order valence-electron chi connectivity index (χ2n) is 8.52. The van der Waals surface area contributed by atoms with E-state index in [2.05, 4.69) is 15.0 Å². The van der Waals surface area contributed by atoms with Crippen LogP contribution in [-0.4, -0.2) is 39.7 Å². The Balaban J connectivity index is 1.62. The van der Waals surface area contributed by atoms with Gasteiger partial charge in [0.2, 0.25) is 10.0 Å². The van der Waals surface area contributed by atoms with Crippen LogP contribution in [0.2, 0.25) is 0 Å². The zero-order valence-electron chi connectivity index (χ0n) is 19.6. The molecule has 0 fully saturated rings. The van der Waals surface area contributed by atoms with Gasteiger partial charge < -0.3 is 15.2 Å². The lowest BCUT2D eigenvalue weighted by atomic mass is 9.98. The van der Waals surface area contributed by atoms with Gasteiger partial charge in [-0.25, -0.2) is 8.42 Å². The number of hydrogen-bond acceptors (Lipinski definition) is 4. The molecule has 0 unspecified atom stereocenters. The molecule has 11 heteroatoms. The van der Waals surface area contributed by atoms with Crippen molar-refractivity contribution in [2.24, 2.45) is 0 Å². The molecule has 4 aromatic rings. The Kier molecular flexibility index (Phi) is 6.44. The highest BCUT2D eigenvalue weighted by Gasteiger charge is 2.34. The molecule has 0 aliphatic rings. The summed E-state index contributed by atoms with van der Waals surface area (Å²) in [6.45, 7) is 0. The van der Waals surface area contributed by atoms with Gasteiger partial charge in [0.25, 0.3) is 5.91 Å². The molecule has 0 saturated heterocycles. The molecule has 0 radical (unpaired) electrons. The van der Waals surface area contributed by atoms with Crippen LogP contribution >= 0.6 is 0 Å². The number of nitrogens with one attached hydrogen (secondary N) is 3. The van der Waals surface area contributed by atoms with Crippen molar-refractivity contribution in [3.8, 4) is 11.1 Å². The van der Waals surface area contributed by atoms with Gasteiger partial charge in [-0.05, 0) is 53.6 Å². The number of hydrogen-bond donors (Lipinski definition) is 3. The molecular formula is C25H23F3N4O3S. The predicted octanol–water partition coefficient (Wildman–Crippen LogP) is 5.54. The molecule has 0 saturated carbocycles. The van der Waals surface area contributed by atoms with E-state index in [1.807, 2.05) is 0 Å². The molecular weight excluding hydrogens is 493 g/mol. The second kappa shape index (κ2) is 9.23. The molecule has 4 rings (SSSR count). The standard InChI is InChI=1S/C25H23F3N4O3S/c1-32(2)19-9-10-20(21(14-19)25(26,27)28)15-5-4-6-17(11-15)29-24(33)23-12-16-7-8-18(13-22(16)30-23)31-36(3,34)35/h4-14,30-31H,1-3H3,(H,29,33). The number of alkyl halides is 3. The van der Waals surface area contributed by atoms with Gasteiger partial charge in [-0.1, -0.05) is 24.3 Å². The van der Waals surface area contributed by atoms with E-state index in [-0.39, 0.29) is 11.3 Å². The Morgan fingerprint density at radius 3 is 2.36 bits per heavy atom. The fourth-order valence-electron chi connectivity index (χ4n) is 3.79. The Hall–Kier alpha value is -3.99. The Morgan fingerprint density at radius 2 is 1.69 bits per heavy atom. The van der Waals surface area contributed by atoms with E-state index in [0.29, 0.717) is 33.5 Å². The van der Waals surface area contributed by atoms with Crippen molar-refractivity contribution in [3.05, 3.63) is 78.0 Å². The third-order valence-corrected chi connectivity index (χ3v) is 6.03. The Morgan fingerprint density at radius 1 is 0.944 bits per heavy atom. The maximum absolute atomic E-state index is 13.8. The van der Waals surface area contributed by atoms with Gasteiger partial charge in [0.15, 0.2) is 0 Å². The van der Waals surface area contributed by atoms with Gasteiger partial charge in [0, 0.05) is 36.4 Å². The van der Waals surface area contributed by atoms with Gasteiger partial charge in [-0.15, -0.1) is 0 Å². The molecule has 7 nitrogen and oxygen atoms in total. The van der Waals surface area contributed by atoms with Crippen LogP contribution in [0.5, 0.6) is 0 Å². The van der Waals surface area contributed by atoms with E-state index < -0.39 is 27.7 Å². The maximum atomic E-state index is 13.8. The number of carbonyl (C=O) groups is 1. The highest BCUT2D eigenvalue weighted by Crippen LogP contribution is 2.39. The SMILES string of the molecule is CN(C)c1ccc(-c2cccc(NC(=O)c3cc4ccc(NS(C)(=O)=O)cc4[nH]3)c2)c(C(F)(F)F)c1. The quantitative estimate of drug-likeness (QED) is 0.314. The van der Waals surface area contributed by atoms with Crippen LogP contribution in [0, 0.1) is 0 Å². The smallest absolute Gasteiger partial charge is 0.378 e. The molecule has 1 aromatic heterocycles. The molecule has 1 heterocycles. The van der Waals surface area contributed by atoms with Crippen LogP contribution in [0.3, 0.4) is 0 Å². The first kappa shape index (κ1) is 25.1. The van der Waals surface area contributed by atoms with E-state index in [1.165, 1.54) is 12.1 Å². The first-order valence-electron chi connectivity index (χ1n) is 10.7. The first-order chi connectivity index (χ1) is 16.8. The van der Waals surface area contributed by atoms with Crippen molar-refractivity contribution in [1.82, 2.24) is 4.98 Å². The minimum absolute atomic E-state index is 0.000664. The van der Waals surface area contributed by atoms with Crippen molar-refractivity contribution in [1.29, 1.82) is 0 Å². The van der Waals surface area contributed by atoms with E-state index in [4.69, 9.17) is 0 Å². The van der Waals surface area contributed by atoms with E-state index >= 15 is 0 Å². The number of anilines is 3. The topological polar surface area (TPSA) is 94.3 Å². The number of aromatic nitrogens is 1. The largest absolute Gasteiger partial charge is 0.417 e. The summed E-state index contributed by atoms with van der Waals surface area (Å²) in [7, 11) is -0.128. The molecule has 0 aliphatic heterocycles. The van der Waals surface area contributed by atoms with E-state index in [9.17, 15) is 26.4 Å². The summed E-state index contributed by atoms with van der Waals surface area (Å²) in [6.07, 6.45) is -3.52. The molecule has 0 bridgehead atoms. The van der Waals surface area contributed by atoms with E-state index in [0.717, 1.165) is 12.3 Å². The number of carbonyl (C=O) groups excluding carboxylic acids is 1. The molecule has 188 valence electrons. The molecule has 0 aliphatic carbocycles. The van der Waals surface area contributed by atoms with Gasteiger partial charge >= 0.3 is 6.18 Å². The summed E-state index contributed by atoms with van der Waals surface area (Å²) in [5.74, 6) is -0.500. The number of aromatic amines is 1. The summed E-state index contributed by atoms with van der Waals surface area (Å²) in [5, 5.41) is 3.38. The lowest BCUT2D eigenvalue weighted by molar-refractivity contribution is -0.137. The zero-order valence-corrected chi connectivity index (χ0v) is 20.4. The average Bonchev–Trinajstić information content (AvgIpc) is 3.21. The van der Waals surface area contributed by atoms with Gasteiger partial charge in [0.05, 0.1) is 17.5 Å². The second-order valence-corrected chi connectivity index (χ2v) is 10.3. The summed E-state index contributed by atoms with van der Waals surface area (Å²) in [5.41, 5.74) is 1.36. The third-order valence-electron chi connectivity index (χ3n) is 5.43. The van der Waals surface area contributed by atoms with Crippen LogP contribution < -0.4 is 14.9 Å². The van der Waals surface area contributed by atoms with Crippen molar-refractivity contribution >= 4 is 43.9 Å². The van der Waals surface area contributed by atoms with Crippen LogP contribution in [0.15, 0.2) is 66.7 Å². The minimum Gasteiger partial charge on any atom is -0.378 e. The zero-order chi connectivity index (χ0) is 26.3. The number of halogens is 3. The monoisotopic (exact) mass is 516 g/mol. The summed E-state index contributed by atoms with van der Waals surface area (Å²) in [6, 6.07) is 16.7. The van der Waals surface area contributed by atoms with Gasteiger partial charge in [-0.3, -0.25) is 9.52 Å². The number of fused-ring (bicyclic) bond motifs is 1. The molecule has 1 amide bonds. The Labute approximate surface area is 206 Å². The predicted molar refractivity (Wildman–Crippen MR) is 136 cm³/mol. The van der Waals surface area contributed by atoms with Crippen molar-refractivity contribution in [3.63, 3.8) is 0 Å². The highest BCUT2D eigenvalue weighted by atomic mass is 32.2. The number of amides is 1. The summed E-state index contributed by atoms with van der Waals surface area (Å²) in [4.78, 5) is 17.4. The van der Waals surface area contributed by atoms with Crippen molar-refractivity contribution in [2.45, 2.75) is 6.18 Å². The van der Waals surface area contributed by atoms with E-state index in [1.54, 1.807) is 67.5 Å². The van der Waals surface area contributed by atoms with Gasteiger partial charge in [0.1, 0.15) is 5.69 Å². The van der Waals surface area contributed by atoms with Crippen molar-refractivity contribution in [2.75, 3.05) is 35.3 Å². The molecule has 3 aromatic carbocycles. The molecule has 36 heavy (non-hydrogen) atoms. The number of rotatable bonds is 6. The van der Waals surface area contributed by atoms with Crippen LogP contribution in [-0.2, 0) is 16.2 Å². The number of sulfonamides is 1. The fourth-order valence-corrected chi connectivity index (χ4v) is 4.34. The van der Waals surface area contributed by atoms with Gasteiger partial charge in [-0.2, -0.15) is 13.2 Å².